The molecule has 0 bridgehead atoms. The lowest BCUT2D eigenvalue weighted by Crippen LogP contribution is -2.55. The van der Waals surface area contributed by atoms with E-state index in [0.717, 1.165) is 17.1 Å². The normalized spacial score (nSPS) is 14.7. The third kappa shape index (κ3) is 4.13. The van der Waals surface area contributed by atoms with Crippen LogP contribution in [0.5, 0.6) is 5.75 Å². The van der Waals surface area contributed by atoms with E-state index in [4.69, 9.17) is 33.8 Å². The predicted molar refractivity (Wildman–Crippen MR) is 104 cm³/mol. The maximum Gasteiger partial charge on any atom is 0.189 e. The number of nitriles is 1. The number of ether oxygens (including phenoxy) is 1. The van der Waals surface area contributed by atoms with Crippen molar-refractivity contribution in [3.05, 3.63) is 53.1 Å². The zero-order valence-corrected chi connectivity index (χ0v) is 15.4. The van der Waals surface area contributed by atoms with Gasteiger partial charge in [-0.3, -0.25) is 10.4 Å². The molecule has 128 valence electrons. The van der Waals surface area contributed by atoms with Gasteiger partial charge < -0.3 is 10.1 Å². The lowest BCUT2D eigenvalue weighted by molar-refractivity contribution is 0.103. The van der Waals surface area contributed by atoms with Gasteiger partial charge in [0, 0.05) is 10.7 Å². The first kappa shape index (κ1) is 17.3. The molecule has 0 saturated carbocycles. The molecule has 0 saturated heterocycles. The highest BCUT2D eigenvalue weighted by Crippen LogP contribution is 2.37. The van der Waals surface area contributed by atoms with Gasteiger partial charge >= 0.3 is 0 Å². The minimum absolute atomic E-state index is 0.385. The van der Waals surface area contributed by atoms with Gasteiger partial charge in [0.25, 0.3) is 0 Å². The molecule has 0 aromatic heterocycles. The molecule has 2 N–H and O–H groups in total. The third-order valence-corrected chi connectivity index (χ3v) is 4.05. The van der Waals surface area contributed by atoms with E-state index >= 15 is 0 Å². The maximum atomic E-state index is 8.99. The van der Waals surface area contributed by atoms with Gasteiger partial charge in [-0.25, -0.2) is 0 Å². The number of fused-ring (bicyclic) bond motifs is 1. The van der Waals surface area contributed by atoms with Crippen LogP contribution in [-0.2, 0) is 0 Å². The van der Waals surface area contributed by atoms with Gasteiger partial charge in [0.1, 0.15) is 17.0 Å². The number of thiocarbonyl (C=S) groups is 1. The van der Waals surface area contributed by atoms with Gasteiger partial charge in [-0.2, -0.15) is 5.26 Å². The van der Waals surface area contributed by atoms with Crippen LogP contribution in [0.2, 0.25) is 5.02 Å². The highest BCUT2D eigenvalue weighted by Gasteiger charge is 2.32. The second-order valence-electron chi connectivity index (χ2n) is 6.32. The summed E-state index contributed by atoms with van der Waals surface area (Å²) in [7, 11) is 0. The Morgan fingerprint density at radius 3 is 2.88 bits per heavy atom. The summed E-state index contributed by atoms with van der Waals surface area (Å²) in [6, 6.07) is 14.7. The molecule has 2 aromatic carbocycles. The van der Waals surface area contributed by atoms with Crippen LogP contribution in [-0.4, -0.2) is 17.3 Å². The van der Waals surface area contributed by atoms with E-state index in [9.17, 15) is 0 Å². The van der Waals surface area contributed by atoms with Crippen LogP contribution >= 0.6 is 23.8 Å². The summed E-state index contributed by atoms with van der Waals surface area (Å²) in [6.45, 7) is 4.60. The number of halogens is 1. The quantitative estimate of drug-likeness (QED) is 0.774. The molecule has 0 fully saturated rings. The number of hydrogen-bond acceptors (Lipinski definition) is 4. The maximum absolute atomic E-state index is 8.99. The number of hydrogen-bond donors (Lipinski definition) is 2. The Kier molecular flexibility index (Phi) is 4.71. The summed E-state index contributed by atoms with van der Waals surface area (Å²) < 4.78 is 5.99. The van der Waals surface area contributed by atoms with Crippen molar-refractivity contribution in [1.29, 1.82) is 5.26 Å². The van der Waals surface area contributed by atoms with Crippen molar-refractivity contribution >= 4 is 40.3 Å². The van der Waals surface area contributed by atoms with Crippen molar-refractivity contribution in [2.75, 3.05) is 16.9 Å². The first-order chi connectivity index (χ1) is 11.9. The molecule has 0 aliphatic carbocycles. The lowest BCUT2D eigenvalue weighted by Gasteiger charge is -2.41. The SMILES string of the molecule is CC1(C)CN(NC(=S)Nc2cccc(C#N)c2)c2cc(Cl)ccc2O1. The average Bonchev–Trinajstić information content (AvgIpc) is 2.55. The Balaban J connectivity index is 1.78. The summed E-state index contributed by atoms with van der Waals surface area (Å²) in [5, 5.41) is 15.0. The van der Waals surface area contributed by atoms with Crippen LogP contribution in [0, 0.1) is 11.3 Å². The number of rotatable bonds is 2. The Labute approximate surface area is 157 Å². The minimum atomic E-state index is -0.385. The third-order valence-electron chi connectivity index (χ3n) is 3.62. The predicted octanol–water partition coefficient (Wildman–Crippen LogP) is 4.09. The molecule has 1 aliphatic rings. The molecule has 0 atom stereocenters. The standard InChI is InChI=1S/C18H17ClN4OS/c1-18(2)11-23(15-9-13(19)6-7-16(15)24-18)22-17(25)21-14-5-3-4-12(8-14)10-20/h3-9H,11H2,1-2H3,(H2,21,22,25). The molecule has 1 heterocycles. The molecular weight excluding hydrogens is 356 g/mol. The van der Waals surface area contributed by atoms with Gasteiger partial charge in [0.2, 0.25) is 0 Å². The van der Waals surface area contributed by atoms with Crippen LogP contribution < -0.4 is 20.5 Å². The summed E-state index contributed by atoms with van der Waals surface area (Å²) in [5.74, 6) is 0.738. The number of anilines is 2. The molecule has 25 heavy (non-hydrogen) atoms. The molecule has 1 aliphatic heterocycles. The van der Waals surface area contributed by atoms with Crippen LogP contribution in [0.3, 0.4) is 0 Å². The van der Waals surface area contributed by atoms with Crippen molar-refractivity contribution in [2.45, 2.75) is 19.4 Å². The first-order valence-corrected chi connectivity index (χ1v) is 8.49. The Morgan fingerprint density at radius 1 is 1.32 bits per heavy atom. The first-order valence-electron chi connectivity index (χ1n) is 7.70. The Hall–Kier alpha value is -2.49. The largest absolute Gasteiger partial charge is 0.484 e. The van der Waals surface area contributed by atoms with Crippen molar-refractivity contribution in [2.24, 2.45) is 0 Å². The lowest BCUT2D eigenvalue weighted by atomic mass is 10.1. The molecule has 7 heteroatoms. The molecule has 3 rings (SSSR count). The smallest absolute Gasteiger partial charge is 0.189 e. The van der Waals surface area contributed by atoms with E-state index in [2.05, 4.69) is 16.8 Å². The summed E-state index contributed by atoms with van der Waals surface area (Å²) >= 11 is 11.5. The zero-order chi connectivity index (χ0) is 18.0. The number of hydrazine groups is 1. The van der Waals surface area contributed by atoms with Crippen LogP contribution in [0.25, 0.3) is 0 Å². The van der Waals surface area contributed by atoms with Crippen molar-refractivity contribution < 1.29 is 4.74 Å². The van der Waals surface area contributed by atoms with E-state index in [1.807, 2.05) is 37.1 Å². The fourth-order valence-electron chi connectivity index (χ4n) is 2.63. The van der Waals surface area contributed by atoms with E-state index in [-0.39, 0.29) is 5.60 Å². The van der Waals surface area contributed by atoms with Gasteiger partial charge in [-0.1, -0.05) is 17.7 Å². The second-order valence-corrected chi connectivity index (χ2v) is 7.16. The summed E-state index contributed by atoms with van der Waals surface area (Å²) in [6.07, 6.45) is 0. The highest BCUT2D eigenvalue weighted by atomic mass is 35.5. The molecule has 2 aromatic rings. The molecule has 5 nitrogen and oxygen atoms in total. The van der Waals surface area contributed by atoms with E-state index in [1.165, 1.54) is 0 Å². The molecule has 0 radical (unpaired) electrons. The number of nitrogens with one attached hydrogen (secondary N) is 2. The van der Waals surface area contributed by atoms with Gasteiger partial charge in [0.05, 0.1) is 18.2 Å². The summed E-state index contributed by atoms with van der Waals surface area (Å²) in [4.78, 5) is 0. The highest BCUT2D eigenvalue weighted by molar-refractivity contribution is 7.80. The van der Waals surface area contributed by atoms with Crippen LogP contribution in [0.1, 0.15) is 19.4 Å². The van der Waals surface area contributed by atoms with Gasteiger partial charge in [-0.15, -0.1) is 0 Å². The van der Waals surface area contributed by atoms with Gasteiger partial charge in [0.15, 0.2) is 5.11 Å². The fraction of sp³-hybridized carbons (Fsp3) is 0.222. The monoisotopic (exact) mass is 372 g/mol. The molecule has 0 amide bonds. The zero-order valence-electron chi connectivity index (χ0n) is 13.8. The average molecular weight is 373 g/mol. The summed E-state index contributed by atoms with van der Waals surface area (Å²) in [5.41, 5.74) is 4.93. The fourth-order valence-corrected chi connectivity index (χ4v) is 3.03. The van der Waals surface area contributed by atoms with Crippen molar-refractivity contribution in [1.82, 2.24) is 5.43 Å². The molecular formula is C18H17ClN4OS. The van der Waals surface area contributed by atoms with Crippen molar-refractivity contribution in [3.63, 3.8) is 0 Å². The van der Waals surface area contributed by atoms with Crippen LogP contribution in [0.4, 0.5) is 11.4 Å². The molecule has 0 spiro atoms. The number of benzene rings is 2. The minimum Gasteiger partial charge on any atom is -0.484 e. The van der Waals surface area contributed by atoms with E-state index in [1.54, 1.807) is 24.3 Å². The van der Waals surface area contributed by atoms with E-state index in [0.29, 0.717) is 22.2 Å². The van der Waals surface area contributed by atoms with Gasteiger partial charge in [-0.05, 0) is 62.5 Å². The second kappa shape index (κ2) is 6.79. The Morgan fingerprint density at radius 2 is 2.12 bits per heavy atom. The topological polar surface area (TPSA) is 60.3 Å². The van der Waals surface area contributed by atoms with Crippen LogP contribution in [0.15, 0.2) is 42.5 Å². The van der Waals surface area contributed by atoms with Crippen molar-refractivity contribution in [3.8, 4) is 11.8 Å². The van der Waals surface area contributed by atoms with E-state index < -0.39 is 0 Å². The molecule has 0 unspecified atom stereocenters. The number of nitrogens with zero attached hydrogens (tertiary/aromatic N) is 2. The Bertz CT molecular complexity index is 862.